The number of aromatic hydroxyl groups is 1. The molecule has 4 rings (SSSR count). The summed E-state index contributed by atoms with van der Waals surface area (Å²) in [6.45, 7) is 3.46. The Labute approximate surface area is 217 Å². The number of phenols is 1. The van der Waals surface area contributed by atoms with Gasteiger partial charge in [0.2, 0.25) is 11.8 Å². The van der Waals surface area contributed by atoms with E-state index in [1.165, 1.54) is 24.1 Å². The number of benzene rings is 2. The first-order chi connectivity index (χ1) is 17.7. The third kappa shape index (κ3) is 6.15. The molecular formula is C27H27FN4O4S. The van der Waals surface area contributed by atoms with Crippen molar-refractivity contribution in [3.63, 3.8) is 0 Å². The van der Waals surface area contributed by atoms with Crippen LogP contribution >= 0.6 is 11.3 Å². The number of amides is 2. The Balaban J connectivity index is 1.53. The number of aromatic amines is 1. The molecule has 0 spiro atoms. The van der Waals surface area contributed by atoms with E-state index in [1.54, 1.807) is 18.2 Å². The summed E-state index contributed by atoms with van der Waals surface area (Å²) in [6.07, 6.45) is 0.00870. The highest BCUT2D eigenvalue weighted by molar-refractivity contribution is 7.13. The van der Waals surface area contributed by atoms with E-state index in [0.29, 0.717) is 27.7 Å². The van der Waals surface area contributed by atoms with E-state index in [0.717, 1.165) is 16.9 Å². The predicted octanol–water partition coefficient (Wildman–Crippen LogP) is 5.08. The van der Waals surface area contributed by atoms with Crippen molar-refractivity contribution in [3.8, 4) is 33.5 Å². The quantitative estimate of drug-likeness (QED) is 0.284. The number of nitrogens with zero attached hydrogens (tertiary/aromatic N) is 2. The van der Waals surface area contributed by atoms with Gasteiger partial charge in [-0.15, -0.1) is 11.3 Å². The molecule has 2 heterocycles. The highest BCUT2D eigenvalue weighted by atomic mass is 32.1. The van der Waals surface area contributed by atoms with Crippen LogP contribution in [-0.2, 0) is 16.0 Å². The summed E-state index contributed by atoms with van der Waals surface area (Å²) in [5.74, 6) is 0.279. The Morgan fingerprint density at radius 3 is 2.54 bits per heavy atom. The molecule has 2 aromatic carbocycles. The molecule has 4 aromatic rings. The Bertz CT molecular complexity index is 1400. The minimum absolute atomic E-state index is 0.00870. The fraction of sp³-hybridized carbons (Fsp3) is 0.222. The lowest BCUT2D eigenvalue weighted by Crippen LogP contribution is -2.43. The van der Waals surface area contributed by atoms with Crippen LogP contribution < -0.4 is 10.1 Å². The zero-order valence-corrected chi connectivity index (χ0v) is 21.4. The molecular weight excluding hydrogens is 495 g/mol. The first-order valence-corrected chi connectivity index (χ1v) is 12.4. The fourth-order valence-electron chi connectivity index (χ4n) is 3.84. The van der Waals surface area contributed by atoms with Crippen LogP contribution in [-0.4, -0.2) is 51.5 Å². The highest BCUT2D eigenvalue weighted by Gasteiger charge is 2.23. The highest BCUT2D eigenvalue weighted by Crippen LogP contribution is 2.32. The average molecular weight is 523 g/mol. The van der Waals surface area contributed by atoms with Gasteiger partial charge in [-0.05, 0) is 43.7 Å². The number of methoxy groups -OCH3 is 1. The number of phenolic OH excluding ortho intramolecular Hbond substituents is 1. The lowest BCUT2D eigenvalue weighted by Gasteiger charge is -2.26. The molecule has 8 nitrogen and oxygen atoms in total. The van der Waals surface area contributed by atoms with E-state index in [1.807, 2.05) is 44.2 Å². The Morgan fingerprint density at radius 2 is 1.92 bits per heavy atom. The monoisotopic (exact) mass is 522 g/mol. The van der Waals surface area contributed by atoms with Gasteiger partial charge in [-0.25, -0.2) is 4.98 Å². The Morgan fingerprint density at radius 1 is 1.16 bits per heavy atom. The molecule has 0 unspecified atom stereocenters. The number of thiophene rings is 1. The first kappa shape index (κ1) is 25.9. The summed E-state index contributed by atoms with van der Waals surface area (Å²) < 4.78 is 18.7. The molecule has 10 heteroatoms. The number of carbonyl (C=O) groups excluding carboxylic acids is 2. The van der Waals surface area contributed by atoms with E-state index in [4.69, 9.17) is 4.74 Å². The molecule has 0 bridgehead atoms. The first-order valence-electron chi connectivity index (χ1n) is 11.6. The van der Waals surface area contributed by atoms with E-state index in [-0.39, 0.29) is 41.6 Å². The van der Waals surface area contributed by atoms with E-state index in [9.17, 15) is 19.1 Å². The molecule has 0 aliphatic heterocycles. The van der Waals surface area contributed by atoms with Crippen LogP contribution in [0.25, 0.3) is 22.0 Å². The Hall–Kier alpha value is -4.18. The van der Waals surface area contributed by atoms with Crippen LogP contribution in [0, 0.1) is 5.13 Å². The average Bonchev–Trinajstić information content (AvgIpc) is 3.49. The molecule has 0 atom stereocenters. The van der Waals surface area contributed by atoms with E-state index < -0.39 is 5.91 Å². The molecule has 0 radical (unpaired) electrons. The van der Waals surface area contributed by atoms with Gasteiger partial charge in [-0.3, -0.25) is 9.59 Å². The number of ether oxygens (including phenoxy) is 1. The summed E-state index contributed by atoms with van der Waals surface area (Å²) in [7, 11) is 1.45. The summed E-state index contributed by atoms with van der Waals surface area (Å²) in [5.41, 5.74) is 1.97. The second kappa shape index (κ2) is 11.3. The minimum atomic E-state index is -0.424. The van der Waals surface area contributed by atoms with Crippen molar-refractivity contribution in [2.45, 2.75) is 26.3 Å². The van der Waals surface area contributed by atoms with Gasteiger partial charge >= 0.3 is 0 Å². The van der Waals surface area contributed by atoms with Crippen molar-refractivity contribution in [3.05, 3.63) is 71.4 Å². The topological polar surface area (TPSA) is 108 Å². The number of carbonyl (C=O) groups is 2. The van der Waals surface area contributed by atoms with Crippen molar-refractivity contribution in [2.75, 3.05) is 19.0 Å². The SMILES string of the molecule is COc1ccc(CC(=O)N(CC(=O)Nc2nc(-c3ccc(F)s3)[nH]c2-c2ccccc2)C(C)C)cc1O. The summed E-state index contributed by atoms with van der Waals surface area (Å²) in [6, 6.07) is 16.8. The van der Waals surface area contributed by atoms with Gasteiger partial charge < -0.3 is 25.0 Å². The number of nitrogens with one attached hydrogen (secondary N) is 2. The molecule has 192 valence electrons. The van der Waals surface area contributed by atoms with Gasteiger partial charge in [-0.1, -0.05) is 36.4 Å². The zero-order chi connectivity index (χ0) is 26.5. The number of H-pyrrole nitrogens is 1. The second-order valence-corrected chi connectivity index (χ2v) is 9.66. The Kier molecular flexibility index (Phi) is 7.88. The van der Waals surface area contributed by atoms with Gasteiger partial charge in [-0.2, -0.15) is 4.39 Å². The van der Waals surface area contributed by atoms with Gasteiger partial charge in [0.1, 0.15) is 6.54 Å². The largest absolute Gasteiger partial charge is 0.504 e. The molecule has 37 heavy (non-hydrogen) atoms. The molecule has 2 aromatic heterocycles. The summed E-state index contributed by atoms with van der Waals surface area (Å²) in [4.78, 5) is 35.9. The molecule has 2 amide bonds. The number of halogens is 1. The molecule has 0 saturated heterocycles. The number of anilines is 1. The lowest BCUT2D eigenvalue weighted by atomic mass is 10.1. The number of hydrogen-bond acceptors (Lipinski definition) is 6. The van der Waals surface area contributed by atoms with Crippen LogP contribution in [0.1, 0.15) is 19.4 Å². The maximum atomic E-state index is 13.6. The fourth-order valence-corrected chi connectivity index (χ4v) is 4.52. The van der Waals surface area contributed by atoms with Gasteiger partial charge in [0, 0.05) is 11.6 Å². The number of hydrogen-bond donors (Lipinski definition) is 3. The third-order valence-corrected chi connectivity index (χ3v) is 6.57. The lowest BCUT2D eigenvalue weighted by molar-refractivity contribution is -0.135. The van der Waals surface area contributed by atoms with Gasteiger partial charge in [0.25, 0.3) is 0 Å². The molecule has 3 N–H and O–H groups in total. The standard InChI is InChI=1S/C27H27FN4O4S/c1-16(2)32(24(35)14-17-9-10-20(36-3)19(33)13-17)15-23(34)29-27-25(18-7-5-4-6-8-18)30-26(31-27)21-11-12-22(28)37-21/h4-13,16,33H,14-15H2,1-3H3,(H,29,34)(H,30,31). The van der Waals surface area contributed by atoms with Crippen molar-refractivity contribution >= 4 is 29.0 Å². The molecule has 0 aliphatic carbocycles. The molecule has 0 saturated carbocycles. The predicted molar refractivity (Wildman–Crippen MR) is 141 cm³/mol. The van der Waals surface area contributed by atoms with Crippen molar-refractivity contribution < 1.29 is 23.8 Å². The van der Waals surface area contributed by atoms with Gasteiger partial charge in [0.05, 0.1) is 24.1 Å². The number of imidazole rings is 1. The summed E-state index contributed by atoms with van der Waals surface area (Å²) in [5, 5.41) is 12.5. The maximum absolute atomic E-state index is 13.6. The maximum Gasteiger partial charge on any atom is 0.245 e. The third-order valence-electron chi connectivity index (χ3n) is 5.69. The second-order valence-electron chi connectivity index (χ2n) is 8.63. The minimum Gasteiger partial charge on any atom is -0.504 e. The van der Waals surface area contributed by atoms with Crippen LogP contribution in [0.3, 0.4) is 0 Å². The van der Waals surface area contributed by atoms with Crippen LogP contribution in [0.5, 0.6) is 11.5 Å². The van der Waals surface area contributed by atoms with E-state index in [2.05, 4.69) is 15.3 Å². The smallest absolute Gasteiger partial charge is 0.245 e. The number of aromatic nitrogens is 2. The van der Waals surface area contributed by atoms with Crippen LogP contribution in [0.2, 0.25) is 0 Å². The zero-order valence-electron chi connectivity index (χ0n) is 20.6. The molecule has 0 fully saturated rings. The number of rotatable bonds is 9. The van der Waals surface area contributed by atoms with Crippen molar-refractivity contribution in [1.29, 1.82) is 0 Å². The van der Waals surface area contributed by atoms with Crippen molar-refractivity contribution in [1.82, 2.24) is 14.9 Å². The van der Waals surface area contributed by atoms with Crippen LogP contribution in [0.4, 0.5) is 10.2 Å². The normalized spacial score (nSPS) is 10.9. The van der Waals surface area contributed by atoms with Crippen LogP contribution in [0.15, 0.2) is 60.7 Å². The van der Waals surface area contributed by atoms with E-state index >= 15 is 0 Å². The van der Waals surface area contributed by atoms with Crippen molar-refractivity contribution in [2.24, 2.45) is 0 Å². The molecule has 0 aliphatic rings. The summed E-state index contributed by atoms with van der Waals surface area (Å²) >= 11 is 0.948. The van der Waals surface area contributed by atoms with Gasteiger partial charge in [0.15, 0.2) is 28.3 Å².